The summed E-state index contributed by atoms with van der Waals surface area (Å²) in [4.78, 5) is 32.0. The summed E-state index contributed by atoms with van der Waals surface area (Å²) in [5.74, 6) is -0.468. The van der Waals surface area contributed by atoms with E-state index in [-0.39, 0.29) is 12.2 Å². The van der Waals surface area contributed by atoms with Crippen LogP contribution in [0.2, 0.25) is 10.0 Å². The van der Waals surface area contributed by atoms with E-state index in [2.05, 4.69) is 4.99 Å². The van der Waals surface area contributed by atoms with E-state index in [1.807, 2.05) is 17.5 Å². The lowest BCUT2D eigenvalue weighted by Crippen LogP contribution is -2.39. The van der Waals surface area contributed by atoms with Gasteiger partial charge in [0.05, 0.1) is 32.5 Å². The van der Waals surface area contributed by atoms with Gasteiger partial charge >= 0.3 is 5.97 Å². The van der Waals surface area contributed by atoms with Crippen LogP contribution in [0.4, 0.5) is 0 Å². The number of carbonyl (C=O) groups is 1. The lowest BCUT2D eigenvalue weighted by atomic mass is 10.0. The van der Waals surface area contributed by atoms with Gasteiger partial charge in [0, 0.05) is 4.88 Å². The van der Waals surface area contributed by atoms with Crippen molar-refractivity contribution >= 4 is 57.9 Å². The zero-order valence-corrected chi connectivity index (χ0v) is 19.2. The van der Waals surface area contributed by atoms with Crippen LogP contribution in [0.3, 0.4) is 0 Å². The fourth-order valence-corrected chi connectivity index (χ4v) is 5.50. The summed E-state index contributed by atoms with van der Waals surface area (Å²) in [6.07, 6.45) is 1.70. The maximum atomic E-state index is 13.4. The fourth-order valence-electron chi connectivity index (χ4n) is 3.28. The Morgan fingerprint density at radius 3 is 2.80 bits per heavy atom. The summed E-state index contributed by atoms with van der Waals surface area (Å²) in [5, 5.41) is 2.70. The summed E-state index contributed by atoms with van der Waals surface area (Å²) in [6.45, 7) is 3.75. The largest absolute Gasteiger partial charge is 0.463 e. The molecular formula is C21H16Cl2N2O3S2. The molecule has 3 aromatic rings. The zero-order chi connectivity index (χ0) is 21.4. The zero-order valence-electron chi connectivity index (χ0n) is 16.0. The number of fused-ring (bicyclic) bond motifs is 1. The summed E-state index contributed by atoms with van der Waals surface area (Å²) >= 11 is 15.1. The highest BCUT2D eigenvalue weighted by Crippen LogP contribution is 2.33. The molecule has 1 aromatic carbocycles. The normalized spacial score (nSPS) is 16.4. The molecule has 1 aliphatic heterocycles. The predicted molar refractivity (Wildman–Crippen MR) is 121 cm³/mol. The standard InChI is InChI=1S/C21H16Cl2N2O3S2/c1-3-28-20(27)16-11(2)24-21-25(18(16)14-8-5-9-29-14)19(26)15(30-21)10-12-6-4-7-13(22)17(12)23/h4-10,18H,3H2,1-2H3/b15-10+. The maximum Gasteiger partial charge on any atom is 0.338 e. The van der Waals surface area contributed by atoms with Gasteiger partial charge in [0.15, 0.2) is 4.80 Å². The van der Waals surface area contributed by atoms with Gasteiger partial charge in [-0.2, -0.15) is 0 Å². The van der Waals surface area contributed by atoms with E-state index >= 15 is 0 Å². The Kier molecular flexibility index (Phi) is 5.97. The van der Waals surface area contributed by atoms with Crippen LogP contribution >= 0.6 is 45.9 Å². The van der Waals surface area contributed by atoms with E-state index in [1.165, 1.54) is 22.7 Å². The van der Waals surface area contributed by atoms with E-state index in [4.69, 9.17) is 27.9 Å². The molecule has 0 N–H and O–H groups in total. The number of nitrogens with zero attached hydrogens (tertiary/aromatic N) is 2. The minimum Gasteiger partial charge on any atom is -0.463 e. The van der Waals surface area contributed by atoms with Crippen LogP contribution in [0.25, 0.3) is 6.08 Å². The number of thiazole rings is 1. The number of aromatic nitrogens is 1. The molecule has 0 fully saturated rings. The number of hydrogen-bond donors (Lipinski definition) is 0. The monoisotopic (exact) mass is 478 g/mol. The van der Waals surface area contributed by atoms with Gasteiger partial charge in [-0.15, -0.1) is 11.3 Å². The highest BCUT2D eigenvalue weighted by atomic mass is 35.5. The smallest absolute Gasteiger partial charge is 0.338 e. The number of carbonyl (C=O) groups excluding carboxylic acids is 1. The third-order valence-electron chi connectivity index (χ3n) is 4.60. The van der Waals surface area contributed by atoms with Gasteiger partial charge in [-0.05, 0) is 43.0 Å². The number of halogens is 2. The second-order valence-electron chi connectivity index (χ2n) is 6.46. The highest BCUT2D eigenvalue weighted by molar-refractivity contribution is 7.10. The molecule has 0 saturated carbocycles. The molecule has 4 rings (SSSR count). The van der Waals surface area contributed by atoms with Gasteiger partial charge < -0.3 is 4.74 Å². The number of hydrogen-bond acceptors (Lipinski definition) is 6. The summed E-state index contributed by atoms with van der Waals surface area (Å²) in [6, 6.07) is 8.46. The summed E-state index contributed by atoms with van der Waals surface area (Å²) < 4.78 is 7.27. The fraction of sp³-hybridized carbons (Fsp3) is 0.190. The van der Waals surface area contributed by atoms with E-state index in [1.54, 1.807) is 42.7 Å². The van der Waals surface area contributed by atoms with Gasteiger partial charge in [0.2, 0.25) is 0 Å². The molecule has 3 heterocycles. The van der Waals surface area contributed by atoms with Crippen molar-refractivity contribution in [2.45, 2.75) is 19.9 Å². The molecule has 9 heteroatoms. The SMILES string of the molecule is CCOC(=O)C1=C(C)N=c2s/c(=C/c3cccc(Cl)c3Cl)c(=O)n2C1c1cccs1. The topological polar surface area (TPSA) is 60.7 Å². The van der Waals surface area contributed by atoms with Crippen molar-refractivity contribution in [1.29, 1.82) is 0 Å². The average Bonchev–Trinajstić information content (AvgIpc) is 3.33. The van der Waals surface area contributed by atoms with Crippen molar-refractivity contribution in [3.8, 4) is 0 Å². The molecule has 5 nitrogen and oxygen atoms in total. The predicted octanol–water partition coefficient (Wildman–Crippen LogP) is 4.17. The Morgan fingerprint density at radius 1 is 1.30 bits per heavy atom. The van der Waals surface area contributed by atoms with Crippen LogP contribution in [-0.2, 0) is 9.53 Å². The minimum atomic E-state index is -0.586. The first-order chi connectivity index (χ1) is 14.4. The van der Waals surface area contributed by atoms with E-state index in [0.717, 1.165) is 4.88 Å². The van der Waals surface area contributed by atoms with E-state index in [9.17, 15) is 9.59 Å². The Morgan fingerprint density at radius 2 is 2.10 bits per heavy atom. The van der Waals surface area contributed by atoms with Gasteiger partial charge in [-0.1, -0.05) is 52.7 Å². The first-order valence-electron chi connectivity index (χ1n) is 9.09. The van der Waals surface area contributed by atoms with Crippen molar-refractivity contribution in [3.05, 3.63) is 87.2 Å². The molecule has 154 valence electrons. The first-order valence-corrected chi connectivity index (χ1v) is 11.5. The quantitative estimate of drug-likeness (QED) is 0.528. The van der Waals surface area contributed by atoms with Crippen molar-refractivity contribution in [2.75, 3.05) is 6.61 Å². The van der Waals surface area contributed by atoms with Crippen LogP contribution in [0.1, 0.15) is 30.3 Å². The summed E-state index contributed by atoms with van der Waals surface area (Å²) in [7, 11) is 0. The van der Waals surface area contributed by atoms with E-state index < -0.39 is 12.0 Å². The maximum absolute atomic E-state index is 13.4. The second-order valence-corrected chi connectivity index (χ2v) is 9.23. The molecule has 0 saturated heterocycles. The molecule has 1 unspecified atom stereocenters. The van der Waals surface area contributed by atoms with Gasteiger partial charge in [0.25, 0.3) is 5.56 Å². The number of ether oxygens (including phenoxy) is 1. The van der Waals surface area contributed by atoms with Crippen molar-refractivity contribution < 1.29 is 9.53 Å². The third-order valence-corrected chi connectivity index (χ3v) is 7.34. The van der Waals surface area contributed by atoms with Crippen LogP contribution in [0.15, 0.2) is 56.8 Å². The Hall–Kier alpha value is -2.19. The first kappa shape index (κ1) is 21.1. The number of allylic oxidation sites excluding steroid dienone is 1. The number of thiophene rings is 1. The minimum absolute atomic E-state index is 0.241. The molecule has 0 radical (unpaired) electrons. The molecule has 0 bridgehead atoms. The van der Waals surface area contributed by atoms with Crippen molar-refractivity contribution in [2.24, 2.45) is 4.99 Å². The van der Waals surface area contributed by atoms with Crippen LogP contribution in [-0.4, -0.2) is 17.1 Å². The molecule has 30 heavy (non-hydrogen) atoms. The highest BCUT2D eigenvalue weighted by Gasteiger charge is 2.33. The Labute approximate surface area is 190 Å². The van der Waals surface area contributed by atoms with Crippen LogP contribution in [0.5, 0.6) is 0 Å². The molecule has 1 atom stereocenters. The molecule has 0 spiro atoms. The second kappa shape index (κ2) is 8.51. The van der Waals surface area contributed by atoms with Gasteiger partial charge in [0.1, 0.15) is 6.04 Å². The Bertz CT molecular complexity index is 1340. The van der Waals surface area contributed by atoms with E-state index in [0.29, 0.717) is 36.2 Å². The third kappa shape index (κ3) is 3.67. The molecule has 0 aliphatic carbocycles. The number of rotatable bonds is 4. The molecule has 1 aliphatic rings. The molecular weight excluding hydrogens is 463 g/mol. The van der Waals surface area contributed by atoms with Gasteiger partial charge in [-0.3, -0.25) is 9.36 Å². The number of esters is 1. The van der Waals surface area contributed by atoms with Crippen LogP contribution < -0.4 is 14.9 Å². The summed E-state index contributed by atoms with van der Waals surface area (Å²) in [5.41, 5.74) is 1.31. The van der Waals surface area contributed by atoms with Crippen molar-refractivity contribution in [3.63, 3.8) is 0 Å². The van der Waals surface area contributed by atoms with Gasteiger partial charge in [-0.25, -0.2) is 9.79 Å². The van der Waals surface area contributed by atoms with Crippen LogP contribution in [0, 0.1) is 0 Å². The average molecular weight is 479 g/mol. The van der Waals surface area contributed by atoms with Crippen molar-refractivity contribution in [1.82, 2.24) is 4.57 Å². The Balaban J connectivity index is 1.96. The lowest BCUT2D eigenvalue weighted by molar-refractivity contribution is -0.139. The molecule has 2 aromatic heterocycles. The number of benzene rings is 1. The molecule has 0 amide bonds. The lowest BCUT2D eigenvalue weighted by Gasteiger charge is -2.23.